The first kappa shape index (κ1) is 8.31. The number of hydrogen-bond acceptors (Lipinski definition) is 3. The van der Waals surface area contributed by atoms with E-state index in [2.05, 4.69) is 0 Å². The zero-order valence-electron chi connectivity index (χ0n) is 5.47. The Hall–Kier alpha value is 0.314. The summed E-state index contributed by atoms with van der Waals surface area (Å²) < 4.78 is 9.96. The molecule has 50 valence electrons. The largest absolute Gasteiger partial charge is 0.420 e. The first-order chi connectivity index (χ1) is 3.62. The maximum atomic E-state index is 8.40. The number of hydrogen-bond donors (Lipinski definition) is 1. The second-order valence-corrected chi connectivity index (χ2v) is 6.50. The zero-order chi connectivity index (χ0) is 6.62. The summed E-state index contributed by atoms with van der Waals surface area (Å²) in [6, 6.07) is 0. The molecule has 0 aliphatic rings. The Morgan fingerprint density at radius 2 is 2.00 bits per heavy atom. The topological polar surface area (TPSA) is 38.7 Å². The van der Waals surface area contributed by atoms with E-state index in [-0.39, 0.29) is 0 Å². The second-order valence-electron chi connectivity index (χ2n) is 1.88. The highest BCUT2D eigenvalue weighted by Gasteiger charge is 2.20. The van der Waals surface area contributed by atoms with E-state index in [4.69, 9.17) is 13.3 Å². The lowest BCUT2D eigenvalue weighted by Gasteiger charge is -2.17. The molecule has 0 amide bonds. The molecule has 0 aliphatic carbocycles. The van der Waals surface area contributed by atoms with Crippen LogP contribution in [0.15, 0.2) is 0 Å². The van der Waals surface area contributed by atoms with Gasteiger partial charge in [-0.1, -0.05) is 0 Å². The van der Waals surface area contributed by atoms with Crippen LogP contribution in [0.5, 0.6) is 0 Å². The summed E-state index contributed by atoms with van der Waals surface area (Å²) in [5, 5.41) is 0. The minimum absolute atomic E-state index is 1.26. The van der Waals surface area contributed by atoms with Gasteiger partial charge in [-0.15, -0.1) is 0 Å². The Labute approximate surface area is 52.9 Å². The fraction of sp³-hybridized carbons (Fsp3) is 1.00. The van der Waals surface area contributed by atoms with E-state index in [1.807, 2.05) is 13.1 Å². The van der Waals surface area contributed by atoms with Gasteiger partial charge in [0.25, 0.3) is 10.0 Å². The molecule has 3 nitrogen and oxygen atoms in total. The lowest BCUT2D eigenvalue weighted by Crippen LogP contribution is -2.34. The third kappa shape index (κ3) is 3.33. The van der Waals surface area contributed by atoms with Crippen molar-refractivity contribution in [2.24, 2.45) is 0 Å². The van der Waals surface area contributed by atoms with Crippen molar-refractivity contribution in [3.05, 3.63) is 0 Å². The van der Waals surface area contributed by atoms with E-state index in [0.29, 0.717) is 0 Å². The van der Waals surface area contributed by atoms with Crippen LogP contribution in [0.3, 0.4) is 0 Å². The normalized spacial score (nSPS) is 13.5. The van der Waals surface area contributed by atoms with Crippen molar-refractivity contribution in [3.63, 3.8) is 0 Å². The summed E-state index contributed by atoms with van der Waals surface area (Å²) in [4.78, 5) is 8.40. The minimum atomic E-state index is -1.87. The molecular formula is C3H12O3Si2. The third-order valence-electron chi connectivity index (χ3n) is 0.904. The molecule has 0 spiro atoms. The SMILES string of the molecule is CO[Si](C)(C)O[SiH2]O. The zero-order valence-corrected chi connectivity index (χ0v) is 7.89. The molecule has 0 saturated heterocycles. The predicted octanol–water partition coefficient (Wildman–Crippen LogP) is -0.658. The van der Waals surface area contributed by atoms with Gasteiger partial charge in [0, 0.05) is 7.11 Å². The average Bonchev–Trinajstić information content (AvgIpc) is 1.67. The molecule has 0 rings (SSSR count). The molecule has 0 heterocycles. The molecule has 1 N–H and O–H groups in total. The Morgan fingerprint density at radius 3 is 2.12 bits per heavy atom. The maximum Gasteiger partial charge on any atom is 0.322 e. The molecule has 0 aromatic carbocycles. The molecular weight excluding hydrogens is 140 g/mol. The summed E-state index contributed by atoms with van der Waals surface area (Å²) in [7, 11) is -1.52. The summed E-state index contributed by atoms with van der Waals surface area (Å²) in [6.07, 6.45) is 0. The van der Waals surface area contributed by atoms with Gasteiger partial charge >= 0.3 is 8.56 Å². The smallest absolute Gasteiger partial charge is 0.322 e. The molecule has 0 fully saturated rings. The average molecular weight is 152 g/mol. The van der Waals surface area contributed by atoms with Crippen LogP contribution in [0, 0.1) is 0 Å². The van der Waals surface area contributed by atoms with Gasteiger partial charge in [0.05, 0.1) is 0 Å². The molecule has 5 heteroatoms. The van der Waals surface area contributed by atoms with Gasteiger partial charge < -0.3 is 13.3 Å². The van der Waals surface area contributed by atoms with E-state index >= 15 is 0 Å². The third-order valence-corrected chi connectivity index (χ3v) is 5.18. The molecule has 8 heavy (non-hydrogen) atoms. The summed E-state index contributed by atoms with van der Waals surface area (Å²) >= 11 is 0. The summed E-state index contributed by atoms with van der Waals surface area (Å²) in [5.74, 6) is 0. The fourth-order valence-electron chi connectivity index (χ4n) is 0.214. The van der Waals surface area contributed by atoms with Crippen LogP contribution >= 0.6 is 0 Å². The lowest BCUT2D eigenvalue weighted by molar-refractivity contribution is 0.300. The standard InChI is InChI=1S/C3H12O3Si2/c1-5-8(2,3)6-7-4/h4H,7H2,1-3H3. The fourth-order valence-corrected chi connectivity index (χ4v) is 1.93. The monoisotopic (exact) mass is 152 g/mol. The van der Waals surface area contributed by atoms with Gasteiger partial charge in [0.15, 0.2) is 0 Å². The van der Waals surface area contributed by atoms with Crippen molar-refractivity contribution >= 4 is 18.6 Å². The molecule has 0 atom stereocenters. The Morgan fingerprint density at radius 1 is 1.50 bits per heavy atom. The lowest BCUT2D eigenvalue weighted by atomic mass is 11.8. The van der Waals surface area contributed by atoms with Crippen LogP contribution in [0.1, 0.15) is 0 Å². The van der Waals surface area contributed by atoms with Crippen LogP contribution in [0.4, 0.5) is 0 Å². The van der Waals surface area contributed by atoms with E-state index in [1.165, 1.54) is 0 Å². The van der Waals surface area contributed by atoms with Crippen LogP contribution < -0.4 is 0 Å². The first-order valence-electron chi connectivity index (χ1n) is 2.42. The van der Waals surface area contributed by atoms with Crippen LogP contribution in [0.2, 0.25) is 13.1 Å². The van der Waals surface area contributed by atoms with Crippen molar-refractivity contribution in [1.29, 1.82) is 0 Å². The quantitative estimate of drug-likeness (QED) is 0.546. The van der Waals surface area contributed by atoms with Crippen molar-refractivity contribution in [2.75, 3.05) is 7.11 Å². The number of rotatable bonds is 3. The highest BCUT2D eigenvalue weighted by molar-refractivity contribution is 6.68. The van der Waals surface area contributed by atoms with E-state index in [0.717, 1.165) is 0 Å². The maximum absolute atomic E-state index is 8.40. The van der Waals surface area contributed by atoms with E-state index in [9.17, 15) is 0 Å². The Balaban J connectivity index is 3.37. The molecule has 0 saturated carbocycles. The Bertz CT molecular complexity index is 65.5. The van der Waals surface area contributed by atoms with E-state index < -0.39 is 18.6 Å². The molecule has 0 aromatic rings. The molecule has 0 aliphatic heterocycles. The van der Waals surface area contributed by atoms with Gasteiger partial charge in [-0.2, -0.15) is 0 Å². The van der Waals surface area contributed by atoms with Crippen molar-refractivity contribution in [3.8, 4) is 0 Å². The molecule has 0 aromatic heterocycles. The molecule has 0 bridgehead atoms. The minimum Gasteiger partial charge on any atom is -0.420 e. The van der Waals surface area contributed by atoms with Crippen LogP contribution in [-0.4, -0.2) is 30.5 Å². The van der Waals surface area contributed by atoms with Gasteiger partial charge in [-0.25, -0.2) is 0 Å². The summed E-state index contributed by atoms with van der Waals surface area (Å²) in [6.45, 7) is 3.80. The first-order valence-corrected chi connectivity index (χ1v) is 6.45. The van der Waals surface area contributed by atoms with Crippen LogP contribution in [0.25, 0.3) is 0 Å². The predicted molar refractivity (Wildman–Crippen MR) is 36.3 cm³/mol. The van der Waals surface area contributed by atoms with E-state index in [1.54, 1.807) is 7.11 Å². The highest BCUT2D eigenvalue weighted by atomic mass is 28.4. The van der Waals surface area contributed by atoms with Gasteiger partial charge in [0.1, 0.15) is 0 Å². The van der Waals surface area contributed by atoms with Crippen molar-refractivity contribution < 1.29 is 13.3 Å². The Kier molecular flexibility index (Phi) is 3.49. The molecule has 0 radical (unpaired) electrons. The molecule has 0 unspecified atom stereocenters. The van der Waals surface area contributed by atoms with Crippen LogP contribution in [-0.2, 0) is 8.54 Å². The van der Waals surface area contributed by atoms with Gasteiger partial charge in [0.2, 0.25) is 0 Å². The van der Waals surface area contributed by atoms with Crippen molar-refractivity contribution in [1.82, 2.24) is 0 Å². The van der Waals surface area contributed by atoms with Gasteiger partial charge in [-0.3, -0.25) is 0 Å². The summed E-state index contributed by atoms with van der Waals surface area (Å²) in [5.41, 5.74) is 0. The van der Waals surface area contributed by atoms with Gasteiger partial charge in [-0.05, 0) is 13.1 Å². The second kappa shape index (κ2) is 3.36. The van der Waals surface area contributed by atoms with Crippen molar-refractivity contribution in [2.45, 2.75) is 13.1 Å². The highest BCUT2D eigenvalue weighted by Crippen LogP contribution is 2.00.